The van der Waals surface area contributed by atoms with Gasteiger partial charge in [-0.15, -0.1) is 0 Å². The number of amides is 1. The van der Waals surface area contributed by atoms with Gasteiger partial charge < -0.3 is 4.90 Å². The molecule has 2 heterocycles. The molecular formula is C24H25Cl2N3O. The Morgan fingerprint density at radius 3 is 2.40 bits per heavy atom. The van der Waals surface area contributed by atoms with Crippen LogP contribution < -0.4 is 5.01 Å². The first kappa shape index (κ1) is 19.9. The van der Waals surface area contributed by atoms with Gasteiger partial charge in [-0.1, -0.05) is 66.9 Å². The predicted octanol–water partition coefficient (Wildman–Crippen LogP) is 5.81. The Hall–Kier alpha value is -2.04. The number of nitrogens with zero attached hydrogens (tertiary/aromatic N) is 3. The Bertz CT molecular complexity index is 981. The summed E-state index contributed by atoms with van der Waals surface area (Å²) in [5, 5.41) is 7.87. The minimum absolute atomic E-state index is 0.0490. The van der Waals surface area contributed by atoms with Gasteiger partial charge in [0.2, 0.25) is 0 Å². The molecule has 2 aliphatic heterocycles. The molecule has 0 radical (unpaired) electrons. The van der Waals surface area contributed by atoms with Gasteiger partial charge in [-0.05, 0) is 48.4 Å². The quantitative estimate of drug-likeness (QED) is 0.602. The SMILES string of the molecule is CC1C(C(=O)N2CC3CCCC3C2)=NN(c2ccc(Cl)cc2Cl)C1c1ccccc1. The minimum atomic E-state index is -0.0917. The lowest BCUT2D eigenvalue weighted by Gasteiger charge is -2.27. The highest BCUT2D eigenvalue weighted by atomic mass is 35.5. The smallest absolute Gasteiger partial charge is 0.270 e. The second kappa shape index (κ2) is 7.90. The maximum atomic E-state index is 13.5. The van der Waals surface area contributed by atoms with Crippen LogP contribution in [-0.4, -0.2) is 29.6 Å². The maximum Gasteiger partial charge on any atom is 0.270 e. The standard InChI is InChI=1S/C24H25Cl2N3O/c1-15-22(24(30)28-13-17-8-5-9-18(17)14-28)27-29(21-11-10-19(25)12-20(21)26)23(15)16-6-3-2-4-7-16/h2-4,6-7,10-12,15,17-18,23H,5,8-9,13-14H2,1H3. The van der Waals surface area contributed by atoms with Crippen LogP contribution in [0, 0.1) is 17.8 Å². The Balaban J connectivity index is 1.50. The second-order valence-corrected chi connectivity index (χ2v) is 9.57. The van der Waals surface area contributed by atoms with Crippen molar-refractivity contribution in [2.24, 2.45) is 22.9 Å². The number of hydrogen-bond acceptors (Lipinski definition) is 3. The van der Waals surface area contributed by atoms with E-state index in [0.29, 0.717) is 27.6 Å². The van der Waals surface area contributed by atoms with E-state index in [1.165, 1.54) is 19.3 Å². The highest BCUT2D eigenvalue weighted by Gasteiger charge is 2.44. The summed E-state index contributed by atoms with van der Waals surface area (Å²) < 4.78 is 0. The topological polar surface area (TPSA) is 35.9 Å². The number of benzene rings is 2. The molecule has 0 N–H and O–H groups in total. The van der Waals surface area contributed by atoms with E-state index in [9.17, 15) is 4.79 Å². The highest BCUT2D eigenvalue weighted by molar-refractivity contribution is 6.41. The Morgan fingerprint density at radius 2 is 1.73 bits per heavy atom. The van der Waals surface area contributed by atoms with Crippen molar-refractivity contribution in [2.75, 3.05) is 18.1 Å². The van der Waals surface area contributed by atoms with Crippen LogP contribution in [0.2, 0.25) is 10.0 Å². The van der Waals surface area contributed by atoms with Crippen molar-refractivity contribution in [2.45, 2.75) is 32.2 Å². The third kappa shape index (κ3) is 3.40. The summed E-state index contributed by atoms with van der Waals surface area (Å²) in [5.74, 6) is 1.36. The molecule has 0 bridgehead atoms. The minimum Gasteiger partial charge on any atom is -0.337 e. The van der Waals surface area contributed by atoms with Crippen LogP contribution in [0.3, 0.4) is 0 Å². The number of anilines is 1. The van der Waals surface area contributed by atoms with Gasteiger partial charge in [0.05, 0.1) is 16.8 Å². The molecule has 0 spiro atoms. The van der Waals surface area contributed by atoms with Crippen LogP contribution in [0.5, 0.6) is 0 Å². The van der Waals surface area contributed by atoms with Crippen LogP contribution in [-0.2, 0) is 4.79 Å². The predicted molar refractivity (Wildman–Crippen MR) is 122 cm³/mol. The van der Waals surface area contributed by atoms with Crippen molar-refractivity contribution >= 4 is 40.5 Å². The Kier molecular flexibility index (Phi) is 5.24. The van der Waals surface area contributed by atoms with E-state index in [0.717, 1.165) is 24.3 Å². The molecule has 1 saturated carbocycles. The van der Waals surface area contributed by atoms with E-state index in [4.69, 9.17) is 28.3 Å². The Labute approximate surface area is 187 Å². The highest BCUT2D eigenvalue weighted by Crippen LogP contribution is 2.43. The van der Waals surface area contributed by atoms with Crippen molar-refractivity contribution in [1.82, 2.24) is 4.90 Å². The normalized spacial score (nSPS) is 28.0. The summed E-state index contributed by atoms with van der Waals surface area (Å²) in [5.41, 5.74) is 2.50. The molecule has 3 aliphatic rings. The fraction of sp³-hybridized carbons (Fsp3) is 0.417. The summed E-state index contributed by atoms with van der Waals surface area (Å²) in [6.07, 6.45) is 3.79. The first-order chi connectivity index (χ1) is 14.5. The number of carbonyl (C=O) groups excluding carboxylic acids is 1. The largest absolute Gasteiger partial charge is 0.337 e. The van der Waals surface area contributed by atoms with E-state index in [-0.39, 0.29) is 17.9 Å². The number of likely N-dealkylation sites (tertiary alicyclic amines) is 1. The second-order valence-electron chi connectivity index (χ2n) is 8.73. The van der Waals surface area contributed by atoms with Gasteiger partial charge >= 0.3 is 0 Å². The van der Waals surface area contributed by atoms with E-state index in [1.807, 2.05) is 40.2 Å². The van der Waals surface area contributed by atoms with Crippen molar-refractivity contribution in [3.8, 4) is 0 Å². The van der Waals surface area contributed by atoms with E-state index >= 15 is 0 Å². The molecular weight excluding hydrogens is 417 g/mol. The summed E-state index contributed by atoms with van der Waals surface area (Å²) in [4.78, 5) is 15.5. The molecule has 1 amide bonds. The molecule has 5 rings (SSSR count). The van der Waals surface area contributed by atoms with Crippen molar-refractivity contribution < 1.29 is 4.79 Å². The molecule has 4 atom stereocenters. The molecule has 30 heavy (non-hydrogen) atoms. The van der Waals surface area contributed by atoms with Crippen LogP contribution in [0.25, 0.3) is 0 Å². The lowest BCUT2D eigenvalue weighted by atomic mass is 9.90. The molecule has 6 heteroatoms. The van der Waals surface area contributed by atoms with Crippen LogP contribution in [0.1, 0.15) is 37.8 Å². The van der Waals surface area contributed by atoms with E-state index < -0.39 is 0 Å². The summed E-state index contributed by atoms with van der Waals surface area (Å²) >= 11 is 12.7. The number of hydrazone groups is 1. The zero-order valence-electron chi connectivity index (χ0n) is 17.0. The molecule has 4 nitrogen and oxygen atoms in total. The zero-order valence-corrected chi connectivity index (χ0v) is 18.5. The van der Waals surface area contributed by atoms with Gasteiger partial charge in [-0.3, -0.25) is 9.80 Å². The van der Waals surface area contributed by atoms with Gasteiger partial charge in [0.1, 0.15) is 5.71 Å². The monoisotopic (exact) mass is 441 g/mol. The summed E-state index contributed by atoms with van der Waals surface area (Å²) in [6.45, 7) is 3.83. The lowest BCUT2D eigenvalue weighted by molar-refractivity contribution is -0.123. The van der Waals surface area contributed by atoms with Gasteiger partial charge in [0.15, 0.2) is 0 Å². The lowest BCUT2D eigenvalue weighted by Crippen LogP contribution is -2.37. The van der Waals surface area contributed by atoms with Crippen molar-refractivity contribution in [3.63, 3.8) is 0 Å². The molecule has 156 valence electrons. The molecule has 0 aromatic heterocycles. The molecule has 2 fully saturated rings. The molecule has 2 aromatic carbocycles. The van der Waals surface area contributed by atoms with E-state index in [2.05, 4.69) is 19.1 Å². The fourth-order valence-electron chi connectivity index (χ4n) is 5.38. The van der Waals surface area contributed by atoms with Gasteiger partial charge in [-0.25, -0.2) is 0 Å². The average molecular weight is 442 g/mol. The van der Waals surface area contributed by atoms with Gasteiger partial charge in [0, 0.05) is 24.0 Å². The first-order valence-electron chi connectivity index (χ1n) is 10.7. The fourth-order valence-corrected chi connectivity index (χ4v) is 5.88. The number of hydrogen-bond donors (Lipinski definition) is 0. The van der Waals surface area contributed by atoms with Crippen LogP contribution in [0.4, 0.5) is 5.69 Å². The molecule has 1 aliphatic carbocycles. The first-order valence-corrected chi connectivity index (χ1v) is 11.5. The number of halogens is 2. The number of fused-ring (bicyclic) bond motifs is 1. The summed E-state index contributed by atoms with van der Waals surface area (Å²) in [7, 11) is 0. The molecule has 1 saturated heterocycles. The number of carbonyl (C=O) groups is 1. The van der Waals surface area contributed by atoms with Crippen molar-refractivity contribution in [3.05, 3.63) is 64.1 Å². The summed E-state index contributed by atoms with van der Waals surface area (Å²) in [6, 6.07) is 15.5. The molecule has 2 aromatic rings. The Morgan fingerprint density at radius 1 is 1.03 bits per heavy atom. The third-order valence-electron chi connectivity index (χ3n) is 6.91. The van der Waals surface area contributed by atoms with Crippen molar-refractivity contribution in [1.29, 1.82) is 0 Å². The molecule has 4 unspecified atom stereocenters. The van der Waals surface area contributed by atoms with Crippen LogP contribution in [0.15, 0.2) is 53.6 Å². The average Bonchev–Trinajstić information content (AvgIpc) is 3.42. The van der Waals surface area contributed by atoms with Crippen LogP contribution >= 0.6 is 23.2 Å². The third-order valence-corrected chi connectivity index (χ3v) is 7.45. The van der Waals surface area contributed by atoms with Gasteiger partial charge in [-0.2, -0.15) is 5.10 Å². The maximum absolute atomic E-state index is 13.5. The van der Waals surface area contributed by atoms with Gasteiger partial charge in [0.25, 0.3) is 5.91 Å². The zero-order chi connectivity index (χ0) is 20.8. The number of rotatable bonds is 3. The van der Waals surface area contributed by atoms with E-state index in [1.54, 1.807) is 6.07 Å².